The summed E-state index contributed by atoms with van der Waals surface area (Å²) in [6.07, 6.45) is 5.02. The van der Waals surface area contributed by atoms with Gasteiger partial charge in [0.1, 0.15) is 12.3 Å². The van der Waals surface area contributed by atoms with Crippen LogP contribution in [0, 0.1) is 0 Å². The van der Waals surface area contributed by atoms with E-state index in [1.165, 1.54) is 0 Å². The molecular formula is C14H23N3O3. The Labute approximate surface area is 119 Å². The van der Waals surface area contributed by atoms with Gasteiger partial charge in [-0.1, -0.05) is 0 Å². The molecule has 0 atom stereocenters. The number of hydrogen-bond donors (Lipinski definition) is 1. The van der Waals surface area contributed by atoms with Gasteiger partial charge in [-0.3, -0.25) is 0 Å². The van der Waals surface area contributed by atoms with Crippen molar-refractivity contribution in [2.24, 2.45) is 0 Å². The van der Waals surface area contributed by atoms with Crippen molar-refractivity contribution in [3.63, 3.8) is 0 Å². The van der Waals surface area contributed by atoms with Crippen molar-refractivity contribution in [2.75, 3.05) is 6.61 Å². The van der Waals surface area contributed by atoms with Crippen molar-refractivity contribution >= 4 is 6.09 Å². The number of carbonyl (C=O) groups excluding carboxylic acids is 1. The predicted molar refractivity (Wildman–Crippen MR) is 74.1 cm³/mol. The van der Waals surface area contributed by atoms with Gasteiger partial charge in [-0.15, -0.1) is 0 Å². The van der Waals surface area contributed by atoms with Crippen molar-refractivity contribution in [3.8, 4) is 0 Å². The molecule has 1 fully saturated rings. The maximum absolute atomic E-state index is 11.9. The summed E-state index contributed by atoms with van der Waals surface area (Å²) in [7, 11) is 0. The van der Waals surface area contributed by atoms with Crippen LogP contribution in [0.5, 0.6) is 0 Å². The Bertz CT molecular complexity index is 472. The van der Waals surface area contributed by atoms with Crippen LogP contribution in [-0.4, -0.2) is 27.9 Å². The van der Waals surface area contributed by atoms with E-state index < -0.39 is 11.7 Å². The third-order valence-electron chi connectivity index (χ3n) is 3.06. The zero-order chi connectivity index (χ0) is 14.8. The Kier molecular flexibility index (Phi) is 4.04. The fourth-order valence-electron chi connectivity index (χ4n) is 1.94. The topological polar surface area (TPSA) is 65.4 Å². The predicted octanol–water partition coefficient (Wildman–Crippen LogP) is 2.39. The molecule has 0 saturated heterocycles. The Morgan fingerprint density at radius 2 is 2.20 bits per heavy atom. The highest BCUT2D eigenvalue weighted by atomic mass is 16.6. The maximum Gasteiger partial charge on any atom is 0.408 e. The largest absolute Gasteiger partial charge is 0.444 e. The van der Waals surface area contributed by atoms with Crippen LogP contribution in [0.1, 0.15) is 46.2 Å². The van der Waals surface area contributed by atoms with Gasteiger partial charge < -0.3 is 19.4 Å². The summed E-state index contributed by atoms with van der Waals surface area (Å²) in [5.41, 5.74) is 0.0111. The molecule has 0 radical (unpaired) electrons. The van der Waals surface area contributed by atoms with E-state index in [0.717, 1.165) is 18.5 Å². The second-order valence-electron chi connectivity index (χ2n) is 6.10. The van der Waals surface area contributed by atoms with Gasteiger partial charge in [-0.2, -0.15) is 0 Å². The molecule has 1 aliphatic rings. The lowest BCUT2D eigenvalue weighted by molar-refractivity contribution is 0.0494. The highest BCUT2D eigenvalue weighted by Crippen LogP contribution is 2.44. The normalized spacial score (nSPS) is 16.8. The van der Waals surface area contributed by atoms with Crippen LogP contribution in [0.15, 0.2) is 12.5 Å². The monoisotopic (exact) mass is 281 g/mol. The number of hydrogen-bond acceptors (Lipinski definition) is 4. The first-order chi connectivity index (χ1) is 9.35. The Balaban J connectivity index is 1.97. The number of rotatable bonds is 5. The van der Waals surface area contributed by atoms with E-state index in [9.17, 15) is 4.79 Å². The van der Waals surface area contributed by atoms with E-state index in [0.29, 0.717) is 13.3 Å². The first-order valence-electron chi connectivity index (χ1n) is 6.96. The molecule has 0 bridgehead atoms. The van der Waals surface area contributed by atoms with Crippen molar-refractivity contribution in [2.45, 2.75) is 58.4 Å². The highest BCUT2D eigenvalue weighted by Gasteiger charge is 2.48. The lowest BCUT2D eigenvalue weighted by Gasteiger charge is -2.22. The van der Waals surface area contributed by atoms with E-state index in [4.69, 9.17) is 9.47 Å². The minimum absolute atomic E-state index is 0.361. The molecule has 20 heavy (non-hydrogen) atoms. The Morgan fingerprint density at radius 1 is 1.50 bits per heavy atom. The number of alkyl carbamates (subject to hydrolysis) is 1. The van der Waals surface area contributed by atoms with Gasteiger partial charge in [0.15, 0.2) is 0 Å². The van der Waals surface area contributed by atoms with Gasteiger partial charge in [0.2, 0.25) is 0 Å². The molecule has 0 unspecified atom stereocenters. The summed E-state index contributed by atoms with van der Waals surface area (Å²) in [6.45, 7) is 8.64. The van der Waals surface area contributed by atoms with Crippen LogP contribution in [0.2, 0.25) is 0 Å². The molecule has 1 amide bonds. The summed E-state index contributed by atoms with van der Waals surface area (Å²) in [6, 6.07) is 0. The lowest BCUT2D eigenvalue weighted by Crippen LogP contribution is -2.39. The number of carbonyl (C=O) groups is 1. The second kappa shape index (κ2) is 5.44. The average molecular weight is 281 g/mol. The summed E-state index contributed by atoms with van der Waals surface area (Å²) in [5, 5.41) is 2.93. The molecule has 1 aliphatic carbocycles. The number of imidazole rings is 1. The molecule has 6 nitrogen and oxygen atoms in total. The zero-order valence-corrected chi connectivity index (χ0v) is 12.6. The van der Waals surface area contributed by atoms with E-state index in [1.807, 2.05) is 38.5 Å². The smallest absolute Gasteiger partial charge is 0.408 e. The van der Waals surface area contributed by atoms with Crippen LogP contribution in [0.3, 0.4) is 0 Å². The third-order valence-corrected chi connectivity index (χ3v) is 3.06. The number of ether oxygens (including phenoxy) is 2. The quantitative estimate of drug-likeness (QED) is 0.900. The second-order valence-corrected chi connectivity index (χ2v) is 6.10. The summed E-state index contributed by atoms with van der Waals surface area (Å²) in [5.74, 6) is 0. The first kappa shape index (κ1) is 14.8. The molecular weight excluding hydrogens is 258 g/mol. The van der Waals surface area contributed by atoms with Crippen molar-refractivity contribution < 1.29 is 14.3 Å². The van der Waals surface area contributed by atoms with Crippen LogP contribution in [0.4, 0.5) is 4.79 Å². The number of nitrogens with zero attached hydrogens (tertiary/aromatic N) is 2. The molecule has 1 heterocycles. The van der Waals surface area contributed by atoms with Gasteiger partial charge in [0.25, 0.3) is 0 Å². The molecule has 1 saturated carbocycles. The maximum atomic E-state index is 11.9. The molecule has 1 aromatic heterocycles. The summed E-state index contributed by atoms with van der Waals surface area (Å²) in [4.78, 5) is 16.2. The number of aromatic nitrogens is 2. The molecule has 6 heteroatoms. The number of nitrogens with one attached hydrogen (secondary N) is 1. The zero-order valence-electron chi connectivity index (χ0n) is 12.6. The minimum atomic E-state index is -0.492. The SMILES string of the molecule is CCOCn1cnc(C2(NC(=O)OC(C)(C)C)CC2)c1. The molecule has 1 N–H and O–H groups in total. The van der Waals surface area contributed by atoms with E-state index in [-0.39, 0.29) is 5.54 Å². The van der Waals surface area contributed by atoms with Gasteiger partial charge in [-0.05, 0) is 40.5 Å². The molecule has 0 spiro atoms. The summed E-state index contributed by atoms with van der Waals surface area (Å²) >= 11 is 0. The molecule has 2 rings (SSSR count). The van der Waals surface area contributed by atoms with Crippen LogP contribution in [-0.2, 0) is 21.7 Å². The first-order valence-corrected chi connectivity index (χ1v) is 6.96. The van der Waals surface area contributed by atoms with Crippen molar-refractivity contribution in [1.82, 2.24) is 14.9 Å². The van der Waals surface area contributed by atoms with Gasteiger partial charge >= 0.3 is 6.09 Å². The van der Waals surface area contributed by atoms with Crippen LogP contribution < -0.4 is 5.32 Å². The van der Waals surface area contributed by atoms with Gasteiger partial charge in [0, 0.05) is 12.8 Å². The van der Waals surface area contributed by atoms with Crippen molar-refractivity contribution in [1.29, 1.82) is 0 Å². The standard InChI is InChI=1S/C14H23N3O3/c1-5-19-10-17-8-11(15-9-17)14(6-7-14)16-12(18)20-13(2,3)4/h8-9H,5-7,10H2,1-4H3,(H,16,18). The molecule has 1 aromatic rings. The molecule has 112 valence electrons. The van der Waals surface area contributed by atoms with Crippen LogP contribution in [0.25, 0.3) is 0 Å². The van der Waals surface area contributed by atoms with E-state index in [2.05, 4.69) is 10.3 Å². The van der Waals surface area contributed by atoms with Gasteiger partial charge in [0.05, 0.1) is 17.6 Å². The van der Waals surface area contributed by atoms with E-state index >= 15 is 0 Å². The Hall–Kier alpha value is -1.56. The van der Waals surface area contributed by atoms with Crippen molar-refractivity contribution in [3.05, 3.63) is 18.2 Å². The average Bonchev–Trinajstić information content (AvgIpc) is 2.93. The fraction of sp³-hybridized carbons (Fsp3) is 0.714. The minimum Gasteiger partial charge on any atom is -0.444 e. The fourth-order valence-corrected chi connectivity index (χ4v) is 1.94. The third kappa shape index (κ3) is 3.72. The summed E-state index contributed by atoms with van der Waals surface area (Å²) < 4.78 is 12.5. The Morgan fingerprint density at radius 3 is 2.75 bits per heavy atom. The number of amides is 1. The molecule has 0 aliphatic heterocycles. The van der Waals surface area contributed by atoms with Gasteiger partial charge in [-0.25, -0.2) is 9.78 Å². The van der Waals surface area contributed by atoms with E-state index in [1.54, 1.807) is 6.33 Å². The molecule has 0 aromatic carbocycles. The lowest BCUT2D eigenvalue weighted by atomic mass is 10.2. The highest BCUT2D eigenvalue weighted by molar-refractivity contribution is 5.69. The van der Waals surface area contributed by atoms with Crippen LogP contribution >= 0.6 is 0 Å².